The van der Waals surface area contributed by atoms with Crippen LogP contribution >= 0.6 is 0 Å². The minimum absolute atomic E-state index is 0.0712. The molecule has 2 aromatic rings. The fraction of sp³-hybridized carbons (Fsp3) is 0.176. The van der Waals surface area contributed by atoms with Gasteiger partial charge in [0, 0.05) is 17.7 Å². The first-order valence-electron chi connectivity index (χ1n) is 7.55. The highest BCUT2D eigenvalue weighted by molar-refractivity contribution is 5.95. The van der Waals surface area contributed by atoms with E-state index in [0.717, 1.165) is 12.0 Å². The Hall–Kier alpha value is -3.42. The van der Waals surface area contributed by atoms with Crippen LogP contribution in [0, 0.1) is 10.1 Å². The number of nitro benzene ring substituents is 1. The fourth-order valence-corrected chi connectivity index (χ4v) is 1.94. The first-order chi connectivity index (χ1) is 12.0. The summed E-state index contributed by atoms with van der Waals surface area (Å²) < 4.78 is 5.18. The molecule has 2 N–H and O–H groups in total. The van der Waals surface area contributed by atoms with Crippen LogP contribution in [0.25, 0.3) is 0 Å². The third kappa shape index (κ3) is 5.31. The van der Waals surface area contributed by atoms with E-state index in [1.54, 1.807) is 12.1 Å². The number of hydrazine groups is 1. The first kappa shape index (κ1) is 17.9. The number of carbonyl (C=O) groups excluding carboxylic acids is 2. The summed E-state index contributed by atoms with van der Waals surface area (Å²) in [4.78, 5) is 33.6. The zero-order valence-corrected chi connectivity index (χ0v) is 13.5. The van der Waals surface area contributed by atoms with E-state index < -0.39 is 16.7 Å². The summed E-state index contributed by atoms with van der Waals surface area (Å²) in [6.07, 6.45) is 0.874. The molecule has 0 aliphatic rings. The summed E-state index contributed by atoms with van der Waals surface area (Å²) >= 11 is 0. The van der Waals surface area contributed by atoms with E-state index in [-0.39, 0.29) is 12.3 Å². The lowest BCUT2D eigenvalue weighted by atomic mass is 10.1. The third-order valence-electron chi connectivity index (χ3n) is 3.36. The van der Waals surface area contributed by atoms with Crippen LogP contribution in [0.4, 0.5) is 5.69 Å². The third-order valence-corrected chi connectivity index (χ3v) is 3.36. The van der Waals surface area contributed by atoms with Gasteiger partial charge in [0.05, 0.1) is 4.92 Å². The van der Waals surface area contributed by atoms with Crippen molar-refractivity contribution in [2.45, 2.75) is 13.3 Å². The lowest BCUT2D eigenvalue weighted by molar-refractivity contribution is -0.384. The Balaban J connectivity index is 1.77. The normalized spacial score (nSPS) is 9.96. The Morgan fingerprint density at radius 1 is 1.04 bits per heavy atom. The van der Waals surface area contributed by atoms with Crippen molar-refractivity contribution in [3.63, 3.8) is 0 Å². The van der Waals surface area contributed by atoms with E-state index >= 15 is 0 Å². The zero-order valence-electron chi connectivity index (χ0n) is 13.5. The molecule has 0 aliphatic carbocycles. The van der Waals surface area contributed by atoms with Crippen molar-refractivity contribution in [2.24, 2.45) is 0 Å². The van der Waals surface area contributed by atoms with Gasteiger partial charge >= 0.3 is 0 Å². The number of ether oxygens (including phenoxy) is 1. The molecule has 0 saturated heterocycles. The maximum atomic E-state index is 11.9. The Morgan fingerprint density at radius 2 is 1.68 bits per heavy atom. The lowest BCUT2D eigenvalue weighted by Gasteiger charge is -2.09. The molecule has 0 aromatic heterocycles. The van der Waals surface area contributed by atoms with Crippen LogP contribution in [0.5, 0.6) is 5.75 Å². The van der Waals surface area contributed by atoms with Gasteiger partial charge in [-0.3, -0.25) is 30.6 Å². The maximum absolute atomic E-state index is 11.9. The molecule has 2 rings (SSSR count). The molecule has 0 spiro atoms. The molecule has 2 amide bonds. The van der Waals surface area contributed by atoms with E-state index in [9.17, 15) is 19.7 Å². The number of hydrogen-bond donors (Lipinski definition) is 2. The molecule has 0 fully saturated rings. The van der Waals surface area contributed by atoms with E-state index in [4.69, 9.17) is 4.74 Å². The second-order valence-electron chi connectivity index (χ2n) is 5.09. The minimum atomic E-state index is -0.558. The van der Waals surface area contributed by atoms with Gasteiger partial charge in [-0.05, 0) is 36.2 Å². The minimum Gasteiger partial charge on any atom is -0.484 e. The molecular weight excluding hydrogens is 326 g/mol. The zero-order chi connectivity index (χ0) is 18.2. The van der Waals surface area contributed by atoms with E-state index in [1.165, 1.54) is 24.3 Å². The van der Waals surface area contributed by atoms with Crippen molar-refractivity contribution in [1.29, 1.82) is 0 Å². The molecule has 0 atom stereocenters. The predicted molar refractivity (Wildman–Crippen MR) is 90.0 cm³/mol. The lowest BCUT2D eigenvalue weighted by Crippen LogP contribution is -2.43. The first-order valence-corrected chi connectivity index (χ1v) is 7.55. The van der Waals surface area contributed by atoms with Crippen LogP contribution in [0.3, 0.4) is 0 Å². The van der Waals surface area contributed by atoms with E-state index in [0.29, 0.717) is 11.3 Å². The molecule has 0 bridgehead atoms. The highest BCUT2D eigenvalue weighted by Gasteiger charge is 2.09. The highest BCUT2D eigenvalue weighted by atomic mass is 16.6. The average Bonchev–Trinajstić information content (AvgIpc) is 2.64. The van der Waals surface area contributed by atoms with Gasteiger partial charge in [0.25, 0.3) is 17.5 Å². The molecule has 0 heterocycles. The number of benzene rings is 2. The van der Waals surface area contributed by atoms with Crippen LogP contribution in [-0.2, 0) is 11.2 Å². The van der Waals surface area contributed by atoms with Crippen molar-refractivity contribution in [1.82, 2.24) is 10.9 Å². The number of amides is 2. The quantitative estimate of drug-likeness (QED) is 0.615. The molecule has 0 aliphatic heterocycles. The van der Waals surface area contributed by atoms with Gasteiger partial charge < -0.3 is 4.74 Å². The van der Waals surface area contributed by atoms with Gasteiger partial charge in [-0.2, -0.15) is 0 Å². The van der Waals surface area contributed by atoms with Crippen molar-refractivity contribution in [3.05, 3.63) is 69.8 Å². The molecule has 25 heavy (non-hydrogen) atoms. The summed E-state index contributed by atoms with van der Waals surface area (Å²) in [5.41, 5.74) is 5.99. The van der Waals surface area contributed by atoms with Gasteiger partial charge in [0.1, 0.15) is 5.75 Å². The molecule has 130 valence electrons. The van der Waals surface area contributed by atoms with Crippen molar-refractivity contribution in [3.8, 4) is 5.75 Å². The van der Waals surface area contributed by atoms with Gasteiger partial charge in [-0.1, -0.05) is 19.1 Å². The van der Waals surface area contributed by atoms with Crippen LogP contribution < -0.4 is 15.6 Å². The SMILES string of the molecule is CCc1ccc(C(=O)NNC(=O)COc2ccc([N+](=O)[O-])cc2)cc1. The predicted octanol–water partition coefficient (Wildman–Crippen LogP) is 2.00. The number of nitrogens with one attached hydrogen (secondary N) is 2. The number of non-ortho nitro benzene ring substituents is 1. The van der Waals surface area contributed by atoms with Crippen molar-refractivity contribution >= 4 is 17.5 Å². The smallest absolute Gasteiger partial charge is 0.276 e. The number of hydrogen-bond acceptors (Lipinski definition) is 5. The maximum Gasteiger partial charge on any atom is 0.276 e. The second-order valence-corrected chi connectivity index (χ2v) is 5.09. The largest absolute Gasteiger partial charge is 0.484 e. The monoisotopic (exact) mass is 343 g/mol. The molecule has 0 unspecified atom stereocenters. The number of aryl methyl sites for hydroxylation is 1. The average molecular weight is 343 g/mol. The Bertz CT molecular complexity index is 757. The molecular formula is C17H17N3O5. The van der Waals surface area contributed by atoms with Gasteiger partial charge in [-0.25, -0.2) is 0 Å². The van der Waals surface area contributed by atoms with Crippen LogP contribution in [0.1, 0.15) is 22.8 Å². The number of rotatable bonds is 6. The van der Waals surface area contributed by atoms with Gasteiger partial charge in [-0.15, -0.1) is 0 Å². The number of nitro groups is 1. The summed E-state index contributed by atoms with van der Waals surface area (Å²) in [5.74, 6) is -0.689. The van der Waals surface area contributed by atoms with Crippen LogP contribution in [0.15, 0.2) is 48.5 Å². The van der Waals surface area contributed by atoms with Crippen molar-refractivity contribution in [2.75, 3.05) is 6.61 Å². The summed E-state index contributed by atoms with van der Waals surface area (Å²) in [6.45, 7) is 1.67. The molecule has 8 heteroatoms. The Labute approximate surface area is 143 Å². The summed E-state index contributed by atoms with van der Waals surface area (Å²) in [6, 6.07) is 12.4. The van der Waals surface area contributed by atoms with E-state index in [1.807, 2.05) is 19.1 Å². The van der Waals surface area contributed by atoms with Gasteiger partial charge in [0.15, 0.2) is 6.61 Å². The second kappa shape index (κ2) is 8.44. The molecule has 0 radical (unpaired) electrons. The van der Waals surface area contributed by atoms with Crippen LogP contribution in [0.2, 0.25) is 0 Å². The summed E-state index contributed by atoms with van der Waals surface area (Å²) in [5, 5.41) is 10.5. The van der Waals surface area contributed by atoms with Crippen molar-refractivity contribution < 1.29 is 19.2 Å². The Kier molecular flexibility index (Phi) is 6.05. The molecule has 8 nitrogen and oxygen atoms in total. The summed E-state index contributed by atoms with van der Waals surface area (Å²) in [7, 11) is 0. The number of nitrogens with zero attached hydrogens (tertiary/aromatic N) is 1. The molecule has 2 aromatic carbocycles. The fourth-order valence-electron chi connectivity index (χ4n) is 1.94. The topological polar surface area (TPSA) is 111 Å². The highest BCUT2D eigenvalue weighted by Crippen LogP contribution is 2.17. The Morgan fingerprint density at radius 3 is 2.24 bits per heavy atom. The van der Waals surface area contributed by atoms with E-state index in [2.05, 4.69) is 10.9 Å². The van der Waals surface area contributed by atoms with Crippen LogP contribution in [-0.4, -0.2) is 23.3 Å². The molecule has 0 saturated carbocycles. The van der Waals surface area contributed by atoms with Gasteiger partial charge in [0.2, 0.25) is 0 Å². The number of carbonyl (C=O) groups is 2. The standard InChI is InChI=1S/C17H17N3O5/c1-2-12-3-5-13(6-4-12)17(22)19-18-16(21)11-25-15-9-7-14(8-10-15)20(23)24/h3-10H,2,11H2,1H3,(H,18,21)(H,19,22).